The summed E-state index contributed by atoms with van der Waals surface area (Å²) in [7, 11) is 0. The molecule has 0 radical (unpaired) electrons. The molecule has 4 rings (SSSR count). The fourth-order valence-corrected chi connectivity index (χ4v) is 4.55. The van der Waals surface area contributed by atoms with Gasteiger partial charge in [-0.05, 0) is 47.9 Å². The highest BCUT2D eigenvalue weighted by Gasteiger charge is 2.28. The van der Waals surface area contributed by atoms with Crippen molar-refractivity contribution in [3.05, 3.63) is 90.0 Å². The second kappa shape index (κ2) is 11.3. The zero-order valence-electron chi connectivity index (χ0n) is 21.1. The lowest BCUT2D eigenvalue weighted by Gasteiger charge is -2.32. The van der Waals surface area contributed by atoms with Gasteiger partial charge in [0.25, 0.3) is 0 Å². The van der Waals surface area contributed by atoms with E-state index in [0.717, 1.165) is 29.9 Å². The van der Waals surface area contributed by atoms with Crippen LogP contribution in [-0.2, 0) is 6.61 Å². The van der Waals surface area contributed by atoms with Crippen LogP contribution in [-0.4, -0.2) is 19.1 Å². The third kappa shape index (κ3) is 6.78. The Bertz CT molecular complexity index is 1090. The van der Waals surface area contributed by atoms with Crippen LogP contribution in [0.4, 0.5) is 16.2 Å². The number of amides is 2. The summed E-state index contributed by atoms with van der Waals surface area (Å²) in [4.78, 5) is 15.6. The molecule has 0 saturated carbocycles. The second-order valence-electron chi connectivity index (χ2n) is 10.3. The molecule has 1 fully saturated rings. The van der Waals surface area contributed by atoms with Crippen molar-refractivity contribution in [2.45, 2.75) is 52.7 Å². The van der Waals surface area contributed by atoms with Crippen molar-refractivity contribution in [3.8, 4) is 5.75 Å². The third-order valence-electron chi connectivity index (χ3n) is 6.45. The first-order valence-corrected chi connectivity index (χ1v) is 12.6. The topological polar surface area (TPSA) is 53.6 Å². The Labute approximate surface area is 209 Å². The van der Waals surface area contributed by atoms with Gasteiger partial charge in [0.15, 0.2) is 0 Å². The van der Waals surface area contributed by atoms with Crippen LogP contribution in [0.25, 0.3) is 0 Å². The van der Waals surface area contributed by atoms with Gasteiger partial charge in [-0.25, -0.2) is 4.79 Å². The van der Waals surface area contributed by atoms with E-state index in [-0.39, 0.29) is 17.5 Å². The molecule has 0 spiro atoms. The zero-order valence-corrected chi connectivity index (χ0v) is 21.1. The van der Waals surface area contributed by atoms with Crippen molar-refractivity contribution in [3.63, 3.8) is 0 Å². The summed E-state index contributed by atoms with van der Waals surface area (Å²) >= 11 is 0. The van der Waals surface area contributed by atoms with Gasteiger partial charge >= 0.3 is 6.03 Å². The van der Waals surface area contributed by atoms with Crippen molar-refractivity contribution >= 4 is 17.4 Å². The summed E-state index contributed by atoms with van der Waals surface area (Å²) < 4.78 is 6.24. The van der Waals surface area contributed by atoms with Gasteiger partial charge in [-0.3, -0.25) is 0 Å². The molecule has 1 atom stereocenters. The fourth-order valence-electron chi connectivity index (χ4n) is 4.55. The van der Waals surface area contributed by atoms with Crippen molar-refractivity contribution in [1.29, 1.82) is 0 Å². The van der Waals surface area contributed by atoms with Crippen LogP contribution in [0.5, 0.6) is 5.75 Å². The zero-order chi connectivity index (χ0) is 24.7. The molecule has 1 aliphatic rings. The van der Waals surface area contributed by atoms with E-state index in [0.29, 0.717) is 18.0 Å². The number of carbonyl (C=O) groups is 1. The van der Waals surface area contributed by atoms with Gasteiger partial charge < -0.3 is 20.3 Å². The number of ether oxygens (including phenoxy) is 1. The van der Waals surface area contributed by atoms with Crippen LogP contribution in [0.2, 0.25) is 0 Å². The van der Waals surface area contributed by atoms with Gasteiger partial charge in [0.1, 0.15) is 12.4 Å². The maximum atomic E-state index is 13.2. The number of piperidine rings is 1. The molecule has 5 heteroatoms. The average molecular weight is 472 g/mol. The molecule has 35 heavy (non-hydrogen) atoms. The highest BCUT2D eigenvalue weighted by molar-refractivity contribution is 5.91. The predicted octanol–water partition coefficient (Wildman–Crippen LogP) is 7.16. The molecule has 5 nitrogen and oxygen atoms in total. The molecule has 184 valence electrons. The third-order valence-corrected chi connectivity index (χ3v) is 6.45. The highest BCUT2D eigenvalue weighted by atomic mass is 16.5. The normalized spacial score (nSPS) is 14.8. The van der Waals surface area contributed by atoms with Gasteiger partial charge in [0.05, 0.1) is 11.7 Å². The van der Waals surface area contributed by atoms with Crippen LogP contribution >= 0.6 is 0 Å². The fraction of sp³-hybridized carbons (Fsp3) is 0.367. The standard InChI is InChI=1S/C30H37N3O2/c1-30(2,3)28(24-15-9-5-10-16-24)32-29(34)31-26-18-17-25(33-19-11-6-12-20-33)21-27(26)35-22-23-13-7-4-8-14-23/h4-5,7-10,13-18,21,28H,6,11-12,19-20,22H2,1-3H3,(H2,31,32,34). The van der Waals surface area contributed by atoms with Gasteiger partial charge in [0, 0.05) is 24.8 Å². The first-order chi connectivity index (χ1) is 16.9. The smallest absolute Gasteiger partial charge is 0.319 e. The van der Waals surface area contributed by atoms with Crippen LogP contribution in [0.1, 0.15) is 57.2 Å². The summed E-state index contributed by atoms with van der Waals surface area (Å²) in [6, 6.07) is 25.9. The Hall–Kier alpha value is -3.47. The van der Waals surface area contributed by atoms with Crippen LogP contribution < -0.4 is 20.3 Å². The number of hydrogen-bond donors (Lipinski definition) is 2. The summed E-state index contributed by atoms with van der Waals surface area (Å²) in [6.07, 6.45) is 3.69. The first kappa shape index (κ1) is 24.6. The van der Waals surface area contributed by atoms with Gasteiger partial charge in [-0.1, -0.05) is 81.4 Å². The van der Waals surface area contributed by atoms with E-state index >= 15 is 0 Å². The summed E-state index contributed by atoms with van der Waals surface area (Å²) in [5.41, 5.74) is 3.82. The predicted molar refractivity (Wildman–Crippen MR) is 144 cm³/mol. The number of nitrogens with one attached hydrogen (secondary N) is 2. The molecule has 1 saturated heterocycles. The van der Waals surface area contributed by atoms with E-state index < -0.39 is 0 Å². The largest absolute Gasteiger partial charge is 0.487 e. The van der Waals surface area contributed by atoms with E-state index in [2.05, 4.69) is 60.6 Å². The van der Waals surface area contributed by atoms with E-state index in [1.165, 1.54) is 19.3 Å². The van der Waals surface area contributed by atoms with E-state index in [1.54, 1.807) is 0 Å². The van der Waals surface area contributed by atoms with E-state index in [1.807, 2.05) is 54.6 Å². The SMILES string of the molecule is CC(C)(C)C(NC(=O)Nc1ccc(N2CCCCC2)cc1OCc1ccccc1)c1ccccc1. The van der Waals surface area contributed by atoms with E-state index in [9.17, 15) is 4.79 Å². The monoisotopic (exact) mass is 471 g/mol. The molecular weight excluding hydrogens is 434 g/mol. The van der Waals surface area contributed by atoms with Crippen molar-refractivity contribution < 1.29 is 9.53 Å². The number of anilines is 2. The Kier molecular flexibility index (Phi) is 7.96. The minimum atomic E-state index is -0.246. The Morgan fingerprint density at radius 2 is 1.57 bits per heavy atom. The Morgan fingerprint density at radius 3 is 2.23 bits per heavy atom. The summed E-state index contributed by atoms with van der Waals surface area (Å²) in [5, 5.41) is 6.24. The lowest BCUT2D eigenvalue weighted by molar-refractivity contribution is 0.229. The molecule has 3 aromatic carbocycles. The number of carbonyl (C=O) groups excluding carboxylic acids is 1. The molecule has 1 unspecified atom stereocenters. The van der Waals surface area contributed by atoms with Crippen LogP contribution in [0, 0.1) is 5.41 Å². The van der Waals surface area contributed by atoms with Gasteiger partial charge in [0.2, 0.25) is 0 Å². The number of benzene rings is 3. The van der Waals surface area contributed by atoms with Gasteiger partial charge in [-0.2, -0.15) is 0 Å². The van der Waals surface area contributed by atoms with Crippen molar-refractivity contribution in [2.24, 2.45) is 5.41 Å². The molecule has 0 aliphatic carbocycles. The molecule has 0 bridgehead atoms. The first-order valence-electron chi connectivity index (χ1n) is 12.6. The molecule has 2 N–H and O–H groups in total. The minimum absolute atomic E-state index is 0.134. The average Bonchev–Trinajstić information content (AvgIpc) is 2.87. The maximum Gasteiger partial charge on any atom is 0.319 e. The van der Waals surface area contributed by atoms with E-state index in [4.69, 9.17) is 4.74 Å². The molecule has 1 aliphatic heterocycles. The number of urea groups is 1. The Morgan fingerprint density at radius 1 is 0.914 bits per heavy atom. The van der Waals surface area contributed by atoms with Gasteiger partial charge in [-0.15, -0.1) is 0 Å². The molecular formula is C30H37N3O2. The summed E-state index contributed by atoms with van der Waals surface area (Å²) in [5.74, 6) is 0.680. The van der Waals surface area contributed by atoms with Crippen molar-refractivity contribution in [1.82, 2.24) is 5.32 Å². The Balaban J connectivity index is 1.54. The molecule has 2 amide bonds. The van der Waals surface area contributed by atoms with Crippen molar-refractivity contribution in [2.75, 3.05) is 23.3 Å². The lowest BCUT2D eigenvalue weighted by atomic mass is 9.82. The number of rotatable bonds is 7. The maximum absolute atomic E-state index is 13.2. The second-order valence-corrected chi connectivity index (χ2v) is 10.3. The molecule has 1 heterocycles. The molecule has 0 aromatic heterocycles. The summed E-state index contributed by atoms with van der Waals surface area (Å²) in [6.45, 7) is 8.94. The lowest BCUT2D eigenvalue weighted by Crippen LogP contribution is -2.39. The number of hydrogen-bond acceptors (Lipinski definition) is 3. The highest BCUT2D eigenvalue weighted by Crippen LogP contribution is 2.34. The van der Waals surface area contributed by atoms with Crippen LogP contribution in [0.15, 0.2) is 78.9 Å². The quantitative estimate of drug-likeness (QED) is 0.384. The number of nitrogens with zero attached hydrogens (tertiary/aromatic N) is 1. The van der Waals surface area contributed by atoms with Crippen LogP contribution in [0.3, 0.4) is 0 Å². The minimum Gasteiger partial charge on any atom is -0.487 e. The molecule has 3 aromatic rings.